The van der Waals surface area contributed by atoms with Gasteiger partial charge < -0.3 is 14.8 Å². The quantitative estimate of drug-likeness (QED) is 0.535. The summed E-state index contributed by atoms with van der Waals surface area (Å²) in [6.45, 7) is 10.7. The Labute approximate surface area is 200 Å². The number of nitrogens with one attached hydrogen (secondary N) is 2. The van der Waals surface area contributed by atoms with Gasteiger partial charge in [0.05, 0.1) is 6.10 Å². The molecule has 1 aliphatic rings. The zero-order valence-electron chi connectivity index (χ0n) is 19.9. The summed E-state index contributed by atoms with van der Waals surface area (Å²) in [4.78, 5) is 13.7. The van der Waals surface area contributed by atoms with Gasteiger partial charge in [-0.15, -0.1) is 11.3 Å². The molecule has 7 nitrogen and oxygen atoms in total. The molecule has 1 atom stereocenters. The van der Waals surface area contributed by atoms with Crippen molar-refractivity contribution in [3.05, 3.63) is 36.4 Å². The summed E-state index contributed by atoms with van der Waals surface area (Å²) in [6, 6.07) is 10.0. The molecule has 0 amide bonds. The Morgan fingerprint density at radius 2 is 1.73 bits per heavy atom. The van der Waals surface area contributed by atoms with Crippen LogP contribution in [0.1, 0.15) is 47.5 Å². The van der Waals surface area contributed by atoms with Crippen LogP contribution in [0.3, 0.4) is 0 Å². The molecule has 0 unspecified atom stereocenters. The van der Waals surface area contributed by atoms with Gasteiger partial charge in [0.15, 0.2) is 0 Å². The van der Waals surface area contributed by atoms with Crippen molar-refractivity contribution in [3.63, 3.8) is 0 Å². The van der Waals surface area contributed by atoms with Crippen LogP contribution in [0.4, 0.5) is 0 Å². The second kappa shape index (κ2) is 10.5. The van der Waals surface area contributed by atoms with Crippen LogP contribution in [0.25, 0.3) is 10.4 Å². The van der Waals surface area contributed by atoms with Gasteiger partial charge in [0.2, 0.25) is 0 Å². The highest BCUT2D eigenvalue weighted by atomic mass is 32.2. The van der Waals surface area contributed by atoms with Crippen LogP contribution >= 0.6 is 11.3 Å². The van der Waals surface area contributed by atoms with Gasteiger partial charge in [-0.1, -0.05) is 0 Å². The Balaban J connectivity index is 1.80. The first-order valence-corrected chi connectivity index (χ1v) is 13.6. The SMILES string of the molecule is CC(C)Oc1ccc(-c2ccc(S(=O)(=O)N[C@@H](C(=O)OC(C)(C)C)C3CCNCC3)s2)cc1. The van der Waals surface area contributed by atoms with Gasteiger partial charge >= 0.3 is 5.97 Å². The summed E-state index contributed by atoms with van der Waals surface area (Å²) >= 11 is 1.17. The summed E-state index contributed by atoms with van der Waals surface area (Å²) in [5.74, 6) is 0.112. The van der Waals surface area contributed by atoms with Crippen molar-refractivity contribution in [2.24, 2.45) is 5.92 Å². The zero-order chi connectivity index (χ0) is 24.2. The molecule has 182 valence electrons. The van der Waals surface area contributed by atoms with Gasteiger partial charge in [-0.3, -0.25) is 4.79 Å². The largest absolute Gasteiger partial charge is 0.491 e. The summed E-state index contributed by atoms with van der Waals surface area (Å²) < 4.78 is 40.5. The first-order valence-electron chi connectivity index (χ1n) is 11.3. The number of esters is 1. The Morgan fingerprint density at radius 1 is 1.09 bits per heavy atom. The summed E-state index contributed by atoms with van der Waals surface area (Å²) in [5.41, 5.74) is 0.203. The summed E-state index contributed by atoms with van der Waals surface area (Å²) in [6.07, 6.45) is 1.48. The molecule has 0 saturated carbocycles. The fourth-order valence-corrected chi connectivity index (χ4v) is 6.28. The molecule has 9 heteroatoms. The maximum atomic E-state index is 13.2. The first kappa shape index (κ1) is 25.7. The van der Waals surface area contributed by atoms with Gasteiger partial charge in [-0.2, -0.15) is 4.72 Å². The van der Waals surface area contributed by atoms with Crippen molar-refractivity contribution in [2.75, 3.05) is 13.1 Å². The lowest BCUT2D eigenvalue weighted by atomic mass is 9.91. The van der Waals surface area contributed by atoms with Crippen LogP contribution in [0, 0.1) is 5.92 Å². The van der Waals surface area contributed by atoms with Gasteiger partial charge in [0.1, 0.15) is 21.6 Å². The van der Waals surface area contributed by atoms with E-state index in [2.05, 4.69) is 10.0 Å². The number of carbonyl (C=O) groups is 1. The van der Waals surface area contributed by atoms with E-state index in [4.69, 9.17) is 9.47 Å². The van der Waals surface area contributed by atoms with E-state index in [9.17, 15) is 13.2 Å². The highest BCUT2D eigenvalue weighted by Gasteiger charge is 2.36. The third-order valence-electron chi connectivity index (χ3n) is 5.15. The summed E-state index contributed by atoms with van der Waals surface area (Å²) in [7, 11) is -3.90. The number of hydrogen-bond acceptors (Lipinski definition) is 7. The second-order valence-electron chi connectivity index (χ2n) is 9.53. The molecule has 3 rings (SSSR count). The van der Waals surface area contributed by atoms with Crippen molar-refractivity contribution in [1.82, 2.24) is 10.0 Å². The number of thiophene rings is 1. The van der Waals surface area contributed by atoms with Gasteiger partial charge in [0, 0.05) is 4.88 Å². The predicted octanol–water partition coefficient (Wildman–Crippen LogP) is 4.19. The fraction of sp³-hybridized carbons (Fsp3) is 0.542. The third kappa shape index (κ3) is 7.27. The van der Waals surface area contributed by atoms with Crippen LogP contribution in [0.15, 0.2) is 40.6 Å². The second-order valence-corrected chi connectivity index (χ2v) is 12.6. The van der Waals surface area contributed by atoms with Crippen LogP contribution in [0.5, 0.6) is 5.75 Å². The van der Waals surface area contributed by atoms with E-state index in [0.29, 0.717) is 12.8 Å². The Bertz CT molecular complexity index is 1030. The van der Waals surface area contributed by atoms with E-state index in [0.717, 1.165) is 29.3 Å². The van der Waals surface area contributed by atoms with Crippen molar-refractivity contribution in [3.8, 4) is 16.2 Å². The lowest BCUT2D eigenvalue weighted by Gasteiger charge is -2.31. The highest BCUT2D eigenvalue weighted by Crippen LogP contribution is 2.32. The van der Waals surface area contributed by atoms with Crippen LogP contribution in [-0.2, 0) is 19.6 Å². The lowest BCUT2D eigenvalue weighted by Crippen LogP contribution is -2.50. The molecule has 0 spiro atoms. The topological polar surface area (TPSA) is 93.7 Å². The zero-order valence-corrected chi connectivity index (χ0v) is 21.5. The minimum absolute atomic E-state index is 0.0817. The normalized spacial score (nSPS) is 16.5. The standard InChI is InChI=1S/C24H34N2O5S2/c1-16(2)30-19-8-6-17(7-9-19)20-10-11-21(32-20)33(28,29)26-22(18-12-14-25-15-13-18)23(27)31-24(3,4)5/h6-11,16,18,22,25-26H,12-15H2,1-5H3/t22-/m1/s1. The average molecular weight is 495 g/mol. The molecule has 0 aliphatic carbocycles. The maximum Gasteiger partial charge on any atom is 0.324 e. The number of carbonyl (C=O) groups excluding carboxylic acids is 1. The number of hydrogen-bond donors (Lipinski definition) is 2. The molecular weight excluding hydrogens is 460 g/mol. The number of piperidine rings is 1. The molecule has 2 N–H and O–H groups in total. The molecule has 1 aliphatic heterocycles. The fourth-order valence-electron chi connectivity index (χ4n) is 3.69. The molecule has 33 heavy (non-hydrogen) atoms. The van der Waals surface area contributed by atoms with E-state index in [1.807, 2.05) is 38.1 Å². The third-order valence-corrected chi connectivity index (χ3v) is 8.22. The monoisotopic (exact) mass is 494 g/mol. The molecule has 0 bridgehead atoms. The maximum absolute atomic E-state index is 13.2. The number of benzene rings is 1. The Kier molecular flexibility index (Phi) is 8.21. The Hall–Kier alpha value is -1.94. The van der Waals surface area contributed by atoms with Crippen molar-refractivity contribution in [1.29, 1.82) is 0 Å². The number of sulfonamides is 1. The molecule has 2 heterocycles. The van der Waals surface area contributed by atoms with E-state index < -0.39 is 27.6 Å². The van der Waals surface area contributed by atoms with Crippen LogP contribution in [0.2, 0.25) is 0 Å². The van der Waals surface area contributed by atoms with Gasteiger partial charge in [-0.05, 0) is 108 Å². The van der Waals surface area contributed by atoms with E-state index in [1.165, 1.54) is 11.3 Å². The smallest absolute Gasteiger partial charge is 0.324 e. The molecule has 1 fully saturated rings. The molecular formula is C24H34N2O5S2. The van der Waals surface area contributed by atoms with E-state index in [1.54, 1.807) is 32.9 Å². The van der Waals surface area contributed by atoms with E-state index >= 15 is 0 Å². The van der Waals surface area contributed by atoms with Gasteiger partial charge in [-0.25, -0.2) is 8.42 Å². The van der Waals surface area contributed by atoms with Crippen molar-refractivity contribution in [2.45, 2.75) is 69.4 Å². The van der Waals surface area contributed by atoms with Crippen molar-refractivity contribution < 1.29 is 22.7 Å². The van der Waals surface area contributed by atoms with Gasteiger partial charge in [0.25, 0.3) is 10.0 Å². The molecule has 2 aromatic rings. The predicted molar refractivity (Wildman–Crippen MR) is 131 cm³/mol. The Morgan fingerprint density at radius 3 is 2.30 bits per heavy atom. The van der Waals surface area contributed by atoms with Crippen molar-refractivity contribution >= 4 is 27.3 Å². The summed E-state index contributed by atoms with van der Waals surface area (Å²) in [5, 5.41) is 3.25. The molecule has 0 radical (unpaired) electrons. The minimum atomic E-state index is -3.90. The van der Waals surface area contributed by atoms with Crippen LogP contribution in [-0.4, -0.2) is 45.2 Å². The average Bonchev–Trinajstić information content (AvgIpc) is 3.23. The minimum Gasteiger partial charge on any atom is -0.491 e. The lowest BCUT2D eigenvalue weighted by molar-refractivity contribution is -0.158. The molecule has 1 aromatic heterocycles. The number of ether oxygens (including phenoxy) is 2. The van der Waals surface area contributed by atoms with Crippen LogP contribution < -0.4 is 14.8 Å². The number of rotatable bonds is 8. The molecule has 1 saturated heterocycles. The van der Waals surface area contributed by atoms with E-state index in [-0.39, 0.29) is 16.2 Å². The first-order chi connectivity index (χ1) is 15.4. The highest BCUT2D eigenvalue weighted by molar-refractivity contribution is 7.91. The molecule has 1 aromatic carbocycles.